The summed E-state index contributed by atoms with van der Waals surface area (Å²) in [6.07, 6.45) is 4.40. The molecule has 0 aliphatic heterocycles. The van der Waals surface area contributed by atoms with E-state index in [-0.39, 0.29) is 11.9 Å². The normalized spacial score (nSPS) is 12.4. The lowest BCUT2D eigenvalue weighted by atomic mass is 10.0. The van der Waals surface area contributed by atoms with Crippen molar-refractivity contribution in [2.75, 3.05) is 6.54 Å². The van der Waals surface area contributed by atoms with Crippen LogP contribution in [-0.4, -0.2) is 16.5 Å². The minimum Gasteiger partial charge on any atom is -0.304 e. The van der Waals surface area contributed by atoms with Gasteiger partial charge in [0.2, 0.25) is 0 Å². The maximum absolute atomic E-state index is 13.7. The first-order chi connectivity index (χ1) is 9.22. The molecule has 2 aromatic rings. The largest absolute Gasteiger partial charge is 0.304 e. The van der Waals surface area contributed by atoms with Crippen LogP contribution in [0.5, 0.6) is 0 Å². The van der Waals surface area contributed by atoms with Crippen molar-refractivity contribution in [3.63, 3.8) is 0 Å². The molecule has 0 aliphatic rings. The van der Waals surface area contributed by atoms with Gasteiger partial charge in [-0.3, -0.25) is 0 Å². The lowest BCUT2D eigenvalue weighted by molar-refractivity contribution is 0.562. The van der Waals surface area contributed by atoms with Gasteiger partial charge >= 0.3 is 0 Å². The number of benzene rings is 1. The summed E-state index contributed by atoms with van der Waals surface area (Å²) < 4.78 is 13.7. The first-order valence-electron chi connectivity index (χ1n) is 6.48. The van der Waals surface area contributed by atoms with Crippen LogP contribution in [-0.2, 0) is 0 Å². The van der Waals surface area contributed by atoms with Crippen LogP contribution in [0.4, 0.5) is 4.39 Å². The molecule has 0 bridgehead atoms. The zero-order valence-electron chi connectivity index (χ0n) is 11.2. The molecule has 1 unspecified atom stereocenters. The van der Waals surface area contributed by atoms with Crippen LogP contribution in [0, 0.1) is 12.7 Å². The fourth-order valence-corrected chi connectivity index (χ4v) is 1.90. The molecule has 19 heavy (non-hydrogen) atoms. The van der Waals surface area contributed by atoms with E-state index in [0.717, 1.165) is 18.5 Å². The van der Waals surface area contributed by atoms with E-state index in [1.54, 1.807) is 37.5 Å². The molecule has 0 saturated carbocycles. The molecule has 3 nitrogen and oxygen atoms in total. The van der Waals surface area contributed by atoms with Crippen LogP contribution < -0.4 is 5.32 Å². The highest BCUT2D eigenvalue weighted by atomic mass is 19.1. The molecular formula is C15H18FN3. The van der Waals surface area contributed by atoms with E-state index in [0.29, 0.717) is 11.4 Å². The average molecular weight is 259 g/mol. The van der Waals surface area contributed by atoms with Crippen molar-refractivity contribution in [1.82, 2.24) is 15.3 Å². The second-order valence-corrected chi connectivity index (χ2v) is 4.50. The number of hydrogen-bond acceptors (Lipinski definition) is 3. The van der Waals surface area contributed by atoms with Crippen LogP contribution in [0.1, 0.15) is 36.3 Å². The number of nitrogens with zero attached hydrogens (tertiary/aromatic N) is 2. The van der Waals surface area contributed by atoms with E-state index in [4.69, 9.17) is 0 Å². The summed E-state index contributed by atoms with van der Waals surface area (Å²) in [7, 11) is 0. The Bertz CT molecular complexity index is 528. The molecule has 1 N–H and O–H groups in total. The van der Waals surface area contributed by atoms with Gasteiger partial charge in [0.1, 0.15) is 11.6 Å². The Labute approximate surface area is 112 Å². The van der Waals surface area contributed by atoms with Crippen LogP contribution in [0.3, 0.4) is 0 Å². The van der Waals surface area contributed by atoms with Crippen molar-refractivity contribution in [1.29, 1.82) is 0 Å². The third kappa shape index (κ3) is 3.35. The maximum Gasteiger partial charge on any atom is 0.149 e. The van der Waals surface area contributed by atoms with Gasteiger partial charge in [0.25, 0.3) is 0 Å². The molecule has 0 radical (unpaired) electrons. The summed E-state index contributed by atoms with van der Waals surface area (Å²) in [5.74, 6) is 0.468. The summed E-state index contributed by atoms with van der Waals surface area (Å²) in [6.45, 7) is 4.68. The molecule has 1 heterocycles. The minimum atomic E-state index is -0.197. The maximum atomic E-state index is 13.7. The van der Waals surface area contributed by atoms with Crippen molar-refractivity contribution in [2.45, 2.75) is 26.3 Å². The van der Waals surface area contributed by atoms with Gasteiger partial charge in [-0.1, -0.05) is 19.1 Å². The first-order valence-corrected chi connectivity index (χ1v) is 6.48. The predicted molar refractivity (Wildman–Crippen MR) is 73.3 cm³/mol. The third-order valence-corrected chi connectivity index (χ3v) is 2.97. The summed E-state index contributed by atoms with van der Waals surface area (Å²) in [4.78, 5) is 8.53. The zero-order valence-corrected chi connectivity index (χ0v) is 11.2. The molecule has 4 heteroatoms. The van der Waals surface area contributed by atoms with E-state index >= 15 is 0 Å². The lowest BCUT2D eigenvalue weighted by Gasteiger charge is -2.17. The Morgan fingerprint density at radius 1 is 1.26 bits per heavy atom. The Morgan fingerprint density at radius 3 is 2.63 bits per heavy atom. The Hall–Kier alpha value is -1.81. The molecule has 0 amide bonds. The first kappa shape index (κ1) is 13.6. The second kappa shape index (κ2) is 6.38. The van der Waals surface area contributed by atoms with Crippen LogP contribution in [0.25, 0.3) is 0 Å². The molecule has 0 fully saturated rings. The monoisotopic (exact) mass is 259 g/mol. The number of aromatic nitrogens is 2. The molecule has 0 saturated heterocycles. The molecule has 1 aromatic heterocycles. The van der Waals surface area contributed by atoms with E-state index in [2.05, 4.69) is 22.2 Å². The van der Waals surface area contributed by atoms with Gasteiger partial charge < -0.3 is 5.32 Å². The van der Waals surface area contributed by atoms with Gasteiger partial charge in [-0.25, -0.2) is 14.4 Å². The third-order valence-electron chi connectivity index (χ3n) is 2.97. The van der Waals surface area contributed by atoms with Crippen molar-refractivity contribution in [2.24, 2.45) is 0 Å². The number of halogens is 1. The van der Waals surface area contributed by atoms with Crippen molar-refractivity contribution >= 4 is 0 Å². The fraction of sp³-hybridized carbons (Fsp3) is 0.333. The average Bonchev–Trinajstić information content (AvgIpc) is 2.44. The number of hydrogen-bond donors (Lipinski definition) is 1. The highest BCUT2D eigenvalue weighted by molar-refractivity contribution is 5.29. The molecule has 100 valence electrons. The van der Waals surface area contributed by atoms with Gasteiger partial charge in [0.05, 0.1) is 6.04 Å². The predicted octanol–water partition coefficient (Wildman–Crippen LogP) is 3.01. The summed E-state index contributed by atoms with van der Waals surface area (Å²) in [5, 5.41) is 3.36. The Morgan fingerprint density at radius 2 is 2.00 bits per heavy atom. The number of nitrogens with one attached hydrogen (secondary N) is 1. The topological polar surface area (TPSA) is 37.8 Å². The van der Waals surface area contributed by atoms with Gasteiger partial charge in [-0.2, -0.15) is 0 Å². The minimum absolute atomic E-state index is 0.170. The SMILES string of the molecule is CCCNC(c1ccc(C)c(F)c1)c1ncccn1. The summed E-state index contributed by atoms with van der Waals surface area (Å²) >= 11 is 0. The number of aryl methyl sites for hydroxylation is 1. The van der Waals surface area contributed by atoms with Crippen LogP contribution >= 0.6 is 0 Å². The Balaban J connectivity index is 2.34. The van der Waals surface area contributed by atoms with Crippen molar-refractivity contribution in [3.8, 4) is 0 Å². The van der Waals surface area contributed by atoms with Crippen LogP contribution in [0.2, 0.25) is 0 Å². The standard InChI is InChI=1S/C15H18FN3/c1-3-7-17-14(15-18-8-4-9-19-15)12-6-5-11(2)13(16)10-12/h4-6,8-10,14,17H,3,7H2,1-2H3. The quantitative estimate of drug-likeness (QED) is 0.897. The van der Waals surface area contributed by atoms with Gasteiger partial charge in [-0.15, -0.1) is 0 Å². The van der Waals surface area contributed by atoms with Gasteiger partial charge in [0, 0.05) is 12.4 Å². The van der Waals surface area contributed by atoms with E-state index in [9.17, 15) is 4.39 Å². The molecular weight excluding hydrogens is 241 g/mol. The molecule has 2 rings (SSSR count). The highest BCUT2D eigenvalue weighted by Crippen LogP contribution is 2.21. The van der Waals surface area contributed by atoms with Crippen molar-refractivity contribution < 1.29 is 4.39 Å². The summed E-state index contributed by atoms with van der Waals surface area (Å²) in [6, 6.07) is 6.86. The Kier molecular flexibility index (Phi) is 4.58. The smallest absolute Gasteiger partial charge is 0.149 e. The van der Waals surface area contributed by atoms with E-state index in [1.807, 2.05) is 6.07 Å². The fourth-order valence-electron chi connectivity index (χ4n) is 1.90. The number of rotatable bonds is 5. The summed E-state index contributed by atoms with van der Waals surface area (Å²) in [5.41, 5.74) is 1.50. The van der Waals surface area contributed by atoms with Crippen molar-refractivity contribution in [3.05, 3.63) is 59.4 Å². The second-order valence-electron chi connectivity index (χ2n) is 4.50. The molecule has 1 atom stereocenters. The lowest BCUT2D eigenvalue weighted by Crippen LogP contribution is -2.25. The molecule has 0 aliphatic carbocycles. The highest BCUT2D eigenvalue weighted by Gasteiger charge is 2.16. The molecule has 0 spiro atoms. The van der Waals surface area contributed by atoms with E-state index < -0.39 is 0 Å². The van der Waals surface area contributed by atoms with Gasteiger partial charge in [0.15, 0.2) is 0 Å². The van der Waals surface area contributed by atoms with Gasteiger partial charge in [-0.05, 0) is 43.1 Å². The van der Waals surface area contributed by atoms with E-state index in [1.165, 1.54) is 0 Å². The molecule has 1 aromatic carbocycles. The zero-order chi connectivity index (χ0) is 13.7. The van der Waals surface area contributed by atoms with Crippen LogP contribution in [0.15, 0.2) is 36.7 Å².